The SMILES string of the molecule is O=C1CC(c2c(F)cccc2Cl)N1S(=O)(=O)Cl. The number of hydrogen-bond donors (Lipinski definition) is 0. The van der Waals surface area contributed by atoms with Gasteiger partial charge in [0.05, 0.1) is 12.5 Å². The maximum absolute atomic E-state index is 13.6. The van der Waals surface area contributed by atoms with Crippen LogP contribution >= 0.6 is 22.3 Å². The van der Waals surface area contributed by atoms with E-state index >= 15 is 0 Å². The molecule has 92 valence electrons. The number of carbonyl (C=O) groups is 1. The summed E-state index contributed by atoms with van der Waals surface area (Å²) < 4.78 is 36.2. The van der Waals surface area contributed by atoms with Crippen molar-refractivity contribution in [3.63, 3.8) is 0 Å². The number of halogens is 3. The van der Waals surface area contributed by atoms with E-state index in [2.05, 4.69) is 0 Å². The standard InChI is InChI=1S/C9H6Cl2FNO3S/c10-5-2-1-3-6(12)9(5)7-4-8(14)13(7)17(11,15)16/h1-3,7H,4H2. The van der Waals surface area contributed by atoms with Gasteiger partial charge in [-0.2, -0.15) is 8.42 Å². The van der Waals surface area contributed by atoms with E-state index < -0.39 is 27.0 Å². The number of hydrogen-bond acceptors (Lipinski definition) is 3. The molecule has 0 bridgehead atoms. The number of rotatable bonds is 2. The summed E-state index contributed by atoms with van der Waals surface area (Å²) in [6.07, 6.45) is -0.132. The third-order valence-electron chi connectivity index (χ3n) is 2.46. The first kappa shape index (κ1) is 12.6. The fourth-order valence-corrected chi connectivity index (χ4v) is 3.33. The summed E-state index contributed by atoms with van der Waals surface area (Å²) in [5.74, 6) is -1.34. The summed E-state index contributed by atoms with van der Waals surface area (Å²) in [7, 11) is 0.876. The second kappa shape index (κ2) is 4.12. The monoisotopic (exact) mass is 297 g/mol. The molecule has 1 heterocycles. The Morgan fingerprint density at radius 3 is 2.53 bits per heavy atom. The first-order chi connectivity index (χ1) is 7.82. The van der Waals surface area contributed by atoms with Crippen molar-refractivity contribution in [3.05, 3.63) is 34.6 Å². The van der Waals surface area contributed by atoms with Crippen LogP contribution in [0.2, 0.25) is 5.02 Å². The van der Waals surface area contributed by atoms with Crippen molar-refractivity contribution < 1.29 is 17.6 Å². The van der Waals surface area contributed by atoms with Crippen molar-refractivity contribution in [1.82, 2.24) is 4.31 Å². The Bertz CT molecular complexity index is 570. The first-order valence-corrected chi connectivity index (χ1v) is 7.17. The molecule has 4 nitrogen and oxygen atoms in total. The lowest BCUT2D eigenvalue weighted by atomic mass is 9.96. The molecule has 1 fully saturated rings. The van der Waals surface area contributed by atoms with Crippen LogP contribution in [-0.4, -0.2) is 18.6 Å². The molecular weight excluding hydrogens is 292 g/mol. The lowest BCUT2D eigenvalue weighted by molar-refractivity contribution is -0.137. The molecule has 1 unspecified atom stereocenters. The summed E-state index contributed by atoms with van der Waals surface area (Å²) in [4.78, 5) is 11.2. The van der Waals surface area contributed by atoms with E-state index in [-0.39, 0.29) is 17.0 Å². The number of benzene rings is 1. The third-order valence-corrected chi connectivity index (χ3v) is 4.17. The molecule has 0 radical (unpaired) electrons. The normalized spacial score (nSPS) is 20.3. The van der Waals surface area contributed by atoms with Crippen LogP contribution in [0.25, 0.3) is 0 Å². The summed E-state index contributed by atoms with van der Waals surface area (Å²) in [6.45, 7) is 0. The summed E-state index contributed by atoms with van der Waals surface area (Å²) in [6, 6.07) is 2.99. The Morgan fingerprint density at radius 2 is 2.06 bits per heavy atom. The highest BCUT2D eigenvalue weighted by atomic mass is 35.7. The minimum Gasteiger partial charge on any atom is -0.274 e. The van der Waals surface area contributed by atoms with Crippen LogP contribution in [0.3, 0.4) is 0 Å². The quantitative estimate of drug-likeness (QED) is 0.621. The van der Waals surface area contributed by atoms with Gasteiger partial charge in [-0.1, -0.05) is 17.7 Å². The van der Waals surface area contributed by atoms with Crippen molar-refractivity contribution in [2.45, 2.75) is 12.5 Å². The van der Waals surface area contributed by atoms with E-state index in [0.29, 0.717) is 4.31 Å². The maximum Gasteiger partial charge on any atom is 0.324 e. The number of β-lactam (4-membered cyclic amide) rings is 1. The van der Waals surface area contributed by atoms with Crippen LogP contribution in [0.4, 0.5) is 4.39 Å². The minimum atomic E-state index is -4.22. The third kappa shape index (κ3) is 2.12. The van der Waals surface area contributed by atoms with Crippen LogP contribution in [0.5, 0.6) is 0 Å². The molecule has 1 aliphatic rings. The molecule has 0 aromatic heterocycles. The molecule has 1 amide bonds. The second-order valence-corrected chi connectivity index (χ2v) is 6.28. The van der Waals surface area contributed by atoms with Gasteiger partial charge in [0.25, 0.3) is 0 Å². The molecular formula is C9H6Cl2FNO3S. The Kier molecular flexibility index (Phi) is 3.05. The van der Waals surface area contributed by atoms with Gasteiger partial charge in [0.1, 0.15) is 5.82 Å². The van der Waals surface area contributed by atoms with Gasteiger partial charge in [0.2, 0.25) is 5.91 Å². The lowest BCUT2D eigenvalue weighted by Gasteiger charge is -2.37. The molecule has 8 heteroatoms. The zero-order chi connectivity index (χ0) is 12.8. The molecule has 0 saturated carbocycles. The lowest BCUT2D eigenvalue weighted by Crippen LogP contribution is -2.48. The van der Waals surface area contributed by atoms with Gasteiger partial charge in [0.15, 0.2) is 0 Å². The van der Waals surface area contributed by atoms with Crippen LogP contribution in [0.15, 0.2) is 18.2 Å². The molecule has 1 atom stereocenters. The smallest absolute Gasteiger partial charge is 0.274 e. The highest BCUT2D eigenvalue weighted by Gasteiger charge is 2.46. The zero-order valence-electron chi connectivity index (χ0n) is 8.23. The fraction of sp³-hybridized carbons (Fsp3) is 0.222. The Balaban J connectivity index is 2.47. The van der Waals surface area contributed by atoms with Crippen molar-refractivity contribution in [2.24, 2.45) is 0 Å². The van der Waals surface area contributed by atoms with Crippen molar-refractivity contribution in [1.29, 1.82) is 0 Å². The van der Waals surface area contributed by atoms with E-state index in [4.69, 9.17) is 22.3 Å². The van der Waals surface area contributed by atoms with Gasteiger partial charge in [0, 0.05) is 21.3 Å². The van der Waals surface area contributed by atoms with E-state index in [0.717, 1.165) is 6.07 Å². The van der Waals surface area contributed by atoms with E-state index in [9.17, 15) is 17.6 Å². The van der Waals surface area contributed by atoms with Gasteiger partial charge in [-0.05, 0) is 12.1 Å². The predicted octanol–water partition coefficient (Wildman–Crippen LogP) is 2.24. The Hall–Kier alpha value is -0.850. The van der Waals surface area contributed by atoms with Gasteiger partial charge in [-0.25, -0.2) is 8.70 Å². The molecule has 0 aliphatic carbocycles. The van der Waals surface area contributed by atoms with Crippen LogP contribution in [0, 0.1) is 5.82 Å². The zero-order valence-corrected chi connectivity index (χ0v) is 10.6. The summed E-state index contributed by atoms with van der Waals surface area (Å²) >= 11 is 5.78. The molecule has 17 heavy (non-hydrogen) atoms. The number of amides is 1. The molecule has 1 saturated heterocycles. The van der Waals surface area contributed by atoms with Gasteiger partial charge in [-0.3, -0.25) is 4.79 Å². The van der Waals surface area contributed by atoms with Crippen molar-refractivity contribution in [3.8, 4) is 0 Å². The number of nitrogens with zero attached hydrogens (tertiary/aromatic N) is 1. The molecule has 1 aromatic carbocycles. The average molecular weight is 298 g/mol. The molecule has 1 aliphatic heterocycles. The van der Waals surface area contributed by atoms with E-state index in [1.165, 1.54) is 12.1 Å². The van der Waals surface area contributed by atoms with Crippen molar-refractivity contribution >= 4 is 37.4 Å². The maximum atomic E-state index is 13.6. The topological polar surface area (TPSA) is 54.5 Å². The average Bonchev–Trinajstić information content (AvgIpc) is 2.12. The largest absolute Gasteiger partial charge is 0.324 e. The highest BCUT2D eigenvalue weighted by molar-refractivity contribution is 8.12. The van der Waals surface area contributed by atoms with E-state index in [1.54, 1.807) is 0 Å². The first-order valence-electron chi connectivity index (χ1n) is 4.53. The highest BCUT2D eigenvalue weighted by Crippen LogP contribution is 2.41. The van der Waals surface area contributed by atoms with Gasteiger partial charge in [-0.15, -0.1) is 0 Å². The molecule has 2 rings (SSSR count). The molecule has 1 aromatic rings. The van der Waals surface area contributed by atoms with Gasteiger partial charge >= 0.3 is 9.24 Å². The van der Waals surface area contributed by atoms with Crippen LogP contribution in [-0.2, 0) is 14.0 Å². The molecule has 0 N–H and O–H groups in total. The summed E-state index contributed by atoms with van der Waals surface area (Å²) in [5, 5.41) is 0.0628. The predicted molar refractivity (Wildman–Crippen MR) is 60.4 cm³/mol. The minimum absolute atomic E-state index is 0.0296. The van der Waals surface area contributed by atoms with E-state index in [1.807, 2.05) is 0 Å². The molecule has 0 spiro atoms. The Morgan fingerprint density at radius 1 is 1.41 bits per heavy atom. The van der Waals surface area contributed by atoms with Crippen LogP contribution in [0.1, 0.15) is 18.0 Å². The van der Waals surface area contributed by atoms with Gasteiger partial charge < -0.3 is 0 Å². The fourth-order valence-electron chi connectivity index (χ4n) is 1.72. The Labute approximate surface area is 106 Å². The second-order valence-electron chi connectivity index (χ2n) is 3.49. The summed E-state index contributed by atoms with van der Waals surface area (Å²) in [5.41, 5.74) is -0.0296. The number of carbonyl (C=O) groups excluding carboxylic acids is 1. The van der Waals surface area contributed by atoms with Crippen LogP contribution < -0.4 is 0 Å². The van der Waals surface area contributed by atoms with Crippen molar-refractivity contribution in [2.75, 3.05) is 0 Å².